The van der Waals surface area contributed by atoms with Crippen molar-refractivity contribution in [2.75, 3.05) is 19.7 Å². The summed E-state index contributed by atoms with van der Waals surface area (Å²) in [7, 11) is 0. The first kappa shape index (κ1) is 17.7. The molecule has 1 amide bonds. The van der Waals surface area contributed by atoms with Crippen LogP contribution in [-0.4, -0.2) is 56.2 Å². The summed E-state index contributed by atoms with van der Waals surface area (Å²) in [5.74, 6) is 2.61. The Morgan fingerprint density at radius 2 is 2.07 bits per heavy atom. The van der Waals surface area contributed by atoms with Crippen LogP contribution in [0.5, 0.6) is 0 Å². The lowest BCUT2D eigenvalue weighted by Crippen LogP contribution is -2.51. The molecule has 28 heavy (non-hydrogen) atoms. The molecular formula is C20H25N5O3. The predicted octanol–water partition coefficient (Wildman–Crippen LogP) is 2.38. The minimum Gasteiger partial charge on any atom is -0.375 e. The first-order chi connectivity index (χ1) is 13.7. The van der Waals surface area contributed by atoms with Crippen LogP contribution in [0.1, 0.15) is 66.6 Å². The van der Waals surface area contributed by atoms with Gasteiger partial charge < -0.3 is 14.2 Å². The Bertz CT molecular complexity index is 827. The van der Waals surface area contributed by atoms with Crippen LogP contribution < -0.4 is 0 Å². The van der Waals surface area contributed by atoms with Gasteiger partial charge in [0.05, 0.1) is 11.8 Å². The maximum atomic E-state index is 12.6. The van der Waals surface area contributed by atoms with Gasteiger partial charge >= 0.3 is 0 Å². The van der Waals surface area contributed by atoms with Gasteiger partial charge in [-0.3, -0.25) is 9.78 Å². The monoisotopic (exact) mass is 383 g/mol. The van der Waals surface area contributed by atoms with E-state index in [-0.39, 0.29) is 11.5 Å². The Balaban J connectivity index is 1.18. The van der Waals surface area contributed by atoms with Crippen LogP contribution in [0.25, 0.3) is 0 Å². The molecule has 3 aliphatic rings. The molecule has 1 aliphatic carbocycles. The topological polar surface area (TPSA) is 94.2 Å². The summed E-state index contributed by atoms with van der Waals surface area (Å²) in [6.45, 7) is 2.13. The summed E-state index contributed by atoms with van der Waals surface area (Å²) < 4.78 is 11.7. The highest BCUT2D eigenvalue weighted by Gasteiger charge is 2.42. The van der Waals surface area contributed by atoms with Gasteiger partial charge in [-0.05, 0) is 44.4 Å². The molecule has 4 heterocycles. The minimum absolute atomic E-state index is 0.0474. The van der Waals surface area contributed by atoms with E-state index in [4.69, 9.17) is 9.26 Å². The van der Waals surface area contributed by atoms with Crippen molar-refractivity contribution in [2.45, 2.75) is 56.5 Å². The molecule has 3 fully saturated rings. The molecule has 8 nitrogen and oxygen atoms in total. The third-order valence-electron chi connectivity index (χ3n) is 6.23. The lowest BCUT2D eigenvalue weighted by molar-refractivity contribution is -0.124. The number of piperidine rings is 1. The van der Waals surface area contributed by atoms with Gasteiger partial charge in [-0.15, -0.1) is 0 Å². The van der Waals surface area contributed by atoms with E-state index in [0.717, 1.165) is 50.4 Å². The molecule has 8 heteroatoms. The molecule has 148 valence electrons. The molecule has 2 aliphatic heterocycles. The molecule has 0 aromatic carbocycles. The normalized spacial score (nSPS) is 24.4. The molecular weight excluding hydrogens is 358 g/mol. The van der Waals surface area contributed by atoms with Gasteiger partial charge in [0.2, 0.25) is 5.89 Å². The van der Waals surface area contributed by atoms with Crippen molar-refractivity contribution >= 4 is 5.91 Å². The Labute approximate surface area is 163 Å². The predicted molar refractivity (Wildman–Crippen MR) is 98.6 cm³/mol. The van der Waals surface area contributed by atoms with Crippen LogP contribution in [0, 0.1) is 5.92 Å². The number of aromatic nitrogens is 4. The highest BCUT2D eigenvalue weighted by Crippen LogP contribution is 2.40. The maximum absolute atomic E-state index is 12.6. The SMILES string of the molecule is O=C(c1cnccn1)N1CCC2(CC1)CC(Cc1nc(C3CC3)no1)CCO2. The number of rotatable bonds is 4. The van der Waals surface area contributed by atoms with Gasteiger partial charge in [-0.1, -0.05) is 5.16 Å². The van der Waals surface area contributed by atoms with Crippen LogP contribution in [-0.2, 0) is 11.2 Å². The van der Waals surface area contributed by atoms with E-state index in [9.17, 15) is 4.79 Å². The number of nitrogens with zero attached hydrogens (tertiary/aromatic N) is 5. The van der Waals surface area contributed by atoms with Gasteiger partial charge in [-0.2, -0.15) is 4.98 Å². The number of likely N-dealkylation sites (tertiary alicyclic amines) is 1. The zero-order valence-electron chi connectivity index (χ0n) is 15.9. The highest BCUT2D eigenvalue weighted by atomic mass is 16.5. The summed E-state index contributed by atoms with van der Waals surface area (Å²) in [5.41, 5.74) is 0.269. The molecule has 0 radical (unpaired) electrons. The zero-order chi connectivity index (χ0) is 19.0. The van der Waals surface area contributed by atoms with E-state index in [1.807, 2.05) is 4.90 Å². The number of ether oxygens (including phenoxy) is 1. The van der Waals surface area contributed by atoms with Gasteiger partial charge in [-0.25, -0.2) is 4.98 Å². The summed E-state index contributed by atoms with van der Waals surface area (Å²) in [4.78, 5) is 27.2. The van der Waals surface area contributed by atoms with Crippen LogP contribution in [0.4, 0.5) is 0 Å². The molecule has 2 aromatic rings. The Morgan fingerprint density at radius 3 is 2.82 bits per heavy atom. The largest absolute Gasteiger partial charge is 0.375 e. The summed E-state index contributed by atoms with van der Waals surface area (Å²) >= 11 is 0. The summed E-state index contributed by atoms with van der Waals surface area (Å²) in [5, 5.41) is 4.13. The smallest absolute Gasteiger partial charge is 0.274 e. The van der Waals surface area contributed by atoms with Crippen LogP contribution in [0.3, 0.4) is 0 Å². The third kappa shape index (κ3) is 3.65. The molecule has 5 rings (SSSR count). The number of hydrogen-bond donors (Lipinski definition) is 0. The fraction of sp³-hybridized carbons (Fsp3) is 0.650. The van der Waals surface area contributed by atoms with Crippen LogP contribution in [0.2, 0.25) is 0 Å². The second kappa shape index (κ2) is 7.24. The minimum atomic E-state index is -0.137. The fourth-order valence-electron chi connectivity index (χ4n) is 4.45. The summed E-state index contributed by atoms with van der Waals surface area (Å²) in [6, 6.07) is 0. The quantitative estimate of drug-likeness (QED) is 0.800. The Morgan fingerprint density at radius 1 is 1.21 bits per heavy atom. The first-order valence-electron chi connectivity index (χ1n) is 10.2. The molecule has 2 aromatic heterocycles. The van der Waals surface area contributed by atoms with Gasteiger partial charge in [0, 0.05) is 44.4 Å². The van der Waals surface area contributed by atoms with E-state index < -0.39 is 0 Å². The molecule has 1 unspecified atom stereocenters. The average molecular weight is 383 g/mol. The lowest BCUT2D eigenvalue weighted by atomic mass is 9.78. The second-order valence-electron chi connectivity index (χ2n) is 8.30. The molecule has 1 spiro atoms. The van der Waals surface area contributed by atoms with E-state index in [2.05, 4.69) is 20.1 Å². The van der Waals surface area contributed by atoms with Gasteiger partial charge in [0.25, 0.3) is 5.91 Å². The van der Waals surface area contributed by atoms with Crippen molar-refractivity contribution in [3.63, 3.8) is 0 Å². The first-order valence-corrected chi connectivity index (χ1v) is 10.2. The van der Waals surface area contributed by atoms with Crippen molar-refractivity contribution in [3.8, 4) is 0 Å². The average Bonchev–Trinajstić information content (AvgIpc) is 3.48. The molecule has 1 saturated carbocycles. The molecule has 0 bridgehead atoms. The zero-order valence-corrected chi connectivity index (χ0v) is 15.9. The van der Waals surface area contributed by atoms with Crippen molar-refractivity contribution in [1.29, 1.82) is 0 Å². The molecule has 2 saturated heterocycles. The lowest BCUT2D eigenvalue weighted by Gasteiger charge is -2.46. The second-order valence-corrected chi connectivity index (χ2v) is 8.30. The number of carbonyl (C=O) groups excluding carboxylic acids is 1. The standard InChI is InChI=1S/C20H25N5O3/c26-19(16-13-21-6-7-22-16)25-8-4-20(5-9-25)12-14(3-10-27-20)11-17-23-18(24-28-17)15-1-2-15/h6-7,13-15H,1-5,8-12H2. The van der Waals surface area contributed by atoms with E-state index in [1.165, 1.54) is 19.0 Å². The van der Waals surface area contributed by atoms with Gasteiger partial charge in [0.1, 0.15) is 5.69 Å². The highest BCUT2D eigenvalue weighted by molar-refractivity contribution is 5.92. The van der Waals surface area contributed by atoms with Crippen LogP contribution in [0.15, 0.2) is 23.1 Å². The van der Waals surface area contributed by atoms with Crippen molar-refractivity contribution in [2.24, 2.45) is 5.92 Å². The molecule has 1 atom stereocenters. The van der Waals surface area contributed by atoms with Gasteiger partial charge in [0.15, 0.2) is 5.82 Å². The fourth-order valence-corrected chi connectivity index (χ4v) is 4.45. The van der Waals surface area contributed by atoms with Crippen molar-refractivity contribution in [3.05, 3.63) is 36.0 Å². The van der Waals surface area contributed by atoms with Crippen molar-refractivity contribution < 1.29 is 14.1 Å². The number of carbonyl (C=O) groups is 1. The number of amides is 1. The van der Waals surface area contributed by atoms with Crippen molar-refractivity contribution in [1.82, 2.24) is 25.0 Å². The van der Waals surface area contributed by atoms with E-state index in [0.29, 0.717) is 30.6 Å². The Kier molecular flexibility index (Phi) is 4.58. The molecule has 0 N–H and O–H groups in total. The van der Waals surface area contributed by atoms with E-state index >= 15 is 0 Å². The number of hydrogen-bond acceptors (Lipinski definition) is 7. The van der Waals surface area contributed by atoms with Crippen LogP contribution >= 0.6 is 0 Å². The third-order valence-corrected chi connectivity index (χ3v) is 6.23. The van der Waals surface area contributed by atoms with E-state index in [1.54, 1.807) is 12.4 Å². The summed E-state index contributed by atoms with van der Waals surface area (Å²) in [6.07, 6.45) is 11.6. The Hall–Kier alpha value is -2.35. The maximum Gasteiger partial charge on any atom is 0.274 e.